The number of rotatable bonds is 4. The first kappa shape index (κ1) is 15.1. The van der Waals surface area contributed by atoms with Crippen molar-refractivity contribution in [2.75, 3.05) is 19.6 Å². The standard InChI is InChI=1S/C18H22FN3/c1-18(12-20)6-9-22(13-18)11-16-3-2-15(10-17(16)19)14-4-7-21-8-5-14/h2-5,7-8,10H,6,9,11-13,20H2,1H3. The van der Waals surface area contributed by atoms with Crippen LogP contribution in [0.25, 0.3) is 11.1 Å². The molecular formula is C18H22FN3. The predicted octanol–water partition coefficient (Wildman–Crippen LogP) is 3.06. The fourth-order valence-corrected chi connectivity index (χ4v) is 3.07. The molecule has 3 rings (SSSR count). The molecule has 1 fully saturated rings. The van der Waals surface area contributed by atoms with Gasteiger partial charge in [-0.25, -0.2) is 4.39 Å². The number of halogens is 1. The van der Waals surface area contributed by atoms with Gasteiger partial charge in [0, 0.05) is 31.0 Å². The fourth-order valence-electron chi connectivity index (χ4n) is 3.07. The Kier molecular flexibility index (Phi) is 4.23. The number of likely N-dealkylation sites (tertiary alicyclic amines) is 1. The molecule has 1 atom stereocenters. The number of nitrogens with two attached hydrogens (primary N) is 1. The van der Waals surface area contributed by atoms with E-state index in [9.17, 15) is 4.39 Å². The van der Waals surface area contributed by atoms with Crippen LogP contribution in [0.15, 0.2) is 42.7 Å². The van der Waals surface area contributed by atoms with Gasteiger partial charge in [0.15, 0.2) is 0 Å². The molecule has 1 saturated heterocycles. The van der Waals surface area contributed by atoms with Crippen molar-refractivity contribution in [2.24, 2.45) is 11.1 Å². The average molecular weight is 299 g/mol. The van der Waals surface area contributed by atoms with Gasteiger partial charge in [0.25, 0.3) is 0 Å². The molecule has 3 nitrogen and oxygen atoms in total. The highest BCUT2D eigenvalue weighted by Crippen LogP contribution is 2.30. The maximum Gasteiger partial charge on any atom is 0.128 e. The molecule has 0 radical (unpaired) electrons. The first-order valence-electron chi connectivity index (χ1n) is 7.71. The van der Waals surface area contributed by atoms with Crippen molar-refractivity contribution in [3.8, 4) is 11.1 Å². The lowest BCUT2D eigenvalue weighted by molar-refractivity contribution is 0.271. The van der Waals surface area contributed by atoms with Crippen LogP contribution in [0.4, 0.5) is 4.39 Å². The van der Waals surface area contributed by atoms with Gasteiger partial charge in [-0.15, -0.1) is 0 Å². The van der Waals surface area contributed by atoms with E-state index in [1.807, 2.05) is 24.3 Å². The maximum atomic E-state index is 14.4. The van der Waals surface area contributed by atoms with E-state index >= 15 is 0 Å². The summed E-state index contributed by atoms with van der Waals surface area (Å²) in [5.74, 6) is -0.143. The molecule has 1 unspecified atom stereocenters. The number of hydrogen-bond acceptors (Lipinski definition) is 3. The lowest BCUT2D eigenvalue weighted by atomic mass is 9.90. The van der Waals surface area contributed by atoms with Crippen LogP contribution in [0.2, 0.25) is 0 Å². The highest BCUT2D eigenvalue weighted by atomic mass is 19.1. The molecule has 0 aliphatic carbocycles. The second kappa shape index (κ2) is 6.15. The number of benzene rings is 1. The van der Waals surface area contributed by atoms with Crippen LogP contribution in [0.1, 0.15) is 18.9 Å². The summed E-state index contributed by atoms with van der Waals surface area (Å²) in [6.45, 7) is 5.47. The quantitative estimate of drug-likeness (QED) is 0.943. The zero-order chi connectivity index (χ0) is 15.6. The Balaban J connectivity index is 1.74. The zero-order valence-corrected chi connectivity index (χ0v) is 12.9. The monoisotopic (exact) mass is 299 g/mol. The lowest BCUT2D eigenvalue weighted by Crippen LogP contribution is -2.31. The van der Waals surface area contributed by atoms with Crippen LogP contribution in [0, 0.1) is 11.2 Å². The molecule has 1 aliphatic rings. The van der Waals surface area contributed by atoms with Crippen molar-refractivity contribution >= 4 is 0 Å². The Morgan fingerprint density at radius 2 is 2.00 bits per heavy atom. The summed E-state index contributed by atoms with van der Waals surface area (Å²) in [6.07, 6.45) is 4.53. The lowest BCUT2D eigenvalue weighted by Gasteiger charge is -2.22. The average Bonchev–Trinajstić information content (AvgIpc) is 2.92. The summed E-state index contributed by atoms with van der Waals surface area (Å²) in [5, 5.41) is 0. The van der Waals surface area contributed by atoms with E-state index in [-0.39, 0.29) is 11.2 Å². The van der Waals surface area contributed by atoms with Crippen molar-refractivity contribution in [2.45, 2.75) is 19.9 Å². The van der Waals surface area contributed by atoms with Crippen LogP contribution in [0.5, 0.6) is 0 Å². The van der Waals surface area contributed by atoms with Crippen LogP contribution in [0.3, 0.4) is 0 Å². The van der Waals surface area contributed by atoms with Crippen molar-refractivity contribution in [1.29, 1.82) is 0 Å². The Morgan fingerprint density at radius 3 is 2.64 bits per heavy atom. The second-order valence-electron chi connectivity index (χ2n) is 6.52. The van der Waals surface area contributed by atoms with Crippen LogP contribution in [-0.2, 0) is 6.54 Å². The number of pyridine rings is 1. The molecule has 1 aliphatic heterocycles. The minimum absolute atomic E-state index is 0.143. The van der Waals surface area contributed by atoms with E-state index in [0.29, 0.717) is 13.1 Å². The van der Waals surface area contributed by atoms with Crippen LogP contribution < -0.4 is 5.73 Å². The summed E-state index contributed by atoms with van der Waals surface area (Å²) in [5.41, 5.74) is 8.62. The molecule has 1 aromatic carbocycles. The Bertz CT molecular complexity index is 644. The molecule has 4 heteroatoms. The van der Waals surface area contributed by atoms with E-state index in [1.165, 1.54) is 0 Å². The van der Waals surface area contributed by atoms with Crippen LogP contribution >= 0.6 is 0 Å². The largest absolute Gasteiger partial charge is 0.330 e. The molecule has 0 amide bonds. The molecule has 0 spiro atoms. The number of hydrogen-bond donors (Lipinski definition) is 1. The van der Waals surface area contributed by atoms with E-state index < -0.39 is 0 Å². The van der Waals surface area contributed by atoms with E-state index in [0.717, 1.165) is 36.2 Å². The minimum atomic E-state index is -0.143. The fraction of sp³-hybridized carbons (Fsp3) is 0.389. The third-order valence-corrected chi connectivity index (χ3v) is 4.59. The van der Waals surface area contributed by atoms with E-state index in [4.69, 9.17) is 5.73 Å². The summed E-state index contributed by atoms with van der Waals surface area (Å²) in [4.78, 5) is 6.28. The van der Waals surface area contributed by atoms with Gasteiger partial charge in [0.05, 0.1) is 0 Å². The normalized spacial score (nSPS) is 22.1. The number of nitrogens with zero attached hydrogens (tertiary/aromatic N) is 2. The molecule has 0 saturated carbocycles. The Labute approximate surface area is 131 Å². The maximum absolute atomic E-state index is 14.4. The third kappa shape index (κ3) is 3.18. The summed E-state index contributed by atoms with van der Waals surface area (Å²) in [7, 11) is 0. The molecule has 2 N–H and O–H groups in total. The van der Waals surface area contributed by atoms with Crippen molar-refractivity contribution in [3.05, 3.63) is 54.1 Å². The van der Waals surface area contributed by atoms with E-state index in [2.05, 4.69) is 16.8 Å². The first-order valence-corrected chi connectivity index (χ1v) is 7.71. The van der Waals surface area contributed by atoms with Gasteiger partial charge in [-0.3, -0.25) is 9.88 Å². The zero-order valence-electron chi connectivity index (χ0n) is 12.9. The molecule has 0 bridgehead atoms. The van der Waals surface area contributed by atoms with Crippen molar-refractivity contribution < 1.29 is 4.39 Å². The topological polar surface area (TPSA) is 42.1 Å². The highest BCUT2D eigenvalue weighted by molar-refractivity contribution is 5.63. The van der Waals surface area contributed by atoms with Crippen molar-refractivity contribution in [1.82, 2.24) is 9.88 Å². The molecule has 22 heavy (non-hydrogen) atoms. The Hall–Kier alpha value is -1.78. The smallest absolute Gasteiger partial charge is 0.128 e. The van der Waals surface area contributed by atoms with Gasteiger partial charge >= 0.3 is 0 Å². The molecular weight excluding hydrogens is 277 g/mol. The SMILES string of the molecule is CC1(CN)CCN(Cc2ccc(-c3ccncc3)cc2F)C1. The summed E-state index contributed by atoms with van der Waals surface area (Å²) < 4.78 is 14.4. The predicted molar refractivity (Wildman–Crippen MR) is 86.7 cm³/mol. The third-order valence-electron chi connectivity index (χ3n) is 4.59. The van der Waals surface area contributed by atoms with Crippen molar-refractivity contribution in [3.63, 3.8) is 0 Å². The summed E-state index contributed by atoms with van der Waals surface area (Å²) in [6, 6.07) is 9.27. The van der Waals surface area contributed by atoms with Gasteiger partial charge in [0.1, 0.15) is 5.82 Å². The highest BCUT2D eigenvalue weighted by Gasteiger charge is 2.32. The number of aromatic nitrogens is 1. The Morgan fingerprint density at radius 1 is 1.23 bits per heavy atom. The molecule has 2 heterocycles. The molecule has 2 aromatic rings. The van der Waals surface area contributed by atoms with Gasteiger partial charge in [-0.1, -0.05) is 19.1 Å². The second-order valence-corrected chi connectivity index (χ2v) is 6.52. The van der Waals surface area contributed by atoms with Crippen LogP contribution in [-0.4, -0.2) is 29.5 Å². The van der Waals surface area contributed by atoms with Gasteiger partial charge < -0.3 is 5.73 Å². The minimum Gasteiger partial charge on any atom is -0.330 e. The summed E-state index contributed by atoms with van der Waals surface area (Å²) >= 11 is 0. The molecule has 116 valence electrons. The van der Waals surface area contributed by atoms with Gasteiger partial charge in [-0.05, 0) is 54.3 Å². The molecule has 1 aromatic heterocycles. The first-order chi connectivity index (χ1) is 10.6. The van der Waals surface area contributed by atoms with Gasteiger partial charge in [-0.2, -0.15) is 0 Å². The van der Waals surface area contributed by atoms with E-state index in [1.54, 1.807) is 18.5 Å². The van der Waals surface area contributed by atoms with Gasteiger partial charge in [0.2, 0.25) is 0 Å².